The zero-order valence-corrected chi connectivity index (χ0v) is 18.9. The molecule has 2 aromatic carbocycles. The highest BCUT2D eigenvalue weighted by atomic mass is 32.2. The Morgan fingerprint density at radius 1 is 1.03 bits per heavy atom. The molecule has 1 aliphatic heterocycles. The highest BCUT2D eigenvalue weighted by Gasteiger charge is 2.28. The van der Waals surface area contributed by atoms with Crippen LogP contribution in [-0.4, -0.2) is 41.3 Å². The fourth-order valence-electron chi connectivity index (χ4n) is 4.13. The zero-order chi connectivity index (χ0) is 22.2. The smallest absolute Gasteiger partial charge is 0.251 e. The van der Waals surface area contributed by atoms with Gasteiger partial charge < -0.3 is 9.88 Å². The van der Waals surface area contributed by atoms with Crippen LogP contribution in [0, 0.1) is 0 Å². The van der Waals surface area contributed by atoms with Crippen LogP contribution in [0.1, 0.15) is 61.9 Å². The molecule has 0 saturated carbocycles. The van der Waals surface area contributed by atoms with Gasteiger partial charge in [-0.25, -0.2) is 13.4 Å². The number of aromatic nitrogens is 2. The lowest BCUT2D eigenvalue weighted by molar-refractivity contribution is 0.0937. The summed E-state index contributed by atoms with van der Waals surface area (Å²) in [5.74, 6) is 0.443. The number of carbonyl (C=O) groups is 1. The third kappa shape index (κ3) is 4.09. The van der Waals surface area contributed by atoms with Crippen LogP contribution in [0.5, 0.6) is 0 Å². The zero-order valence-electron chi connectivity index (χ0n) is 18.1. The summed E-state index contributed by atoms with van der Waals surface area (Å²) in [4.78, 5) is 17.9. The average molecular weight is 441 g/mol. The maximum absolute atomic E-state index is 13.0. The van der Waals surface area contributed by atoms with Gasteiger partial charge in [0.25, 0.3) is 5.91 Å². The molecule has 3 aromatic rings. The van der Waals surface area contributed by atoms with Crippen molar-refractivity contribution >= 4 is 27.0 Å². The van der Waals surface area contributed by atoms with Gasteiger partial charge in [-0.2, -0.15) is 4.31 Å². The molecule has 0 spiro atoms. The first-order valence-electron chi connectivity index (χ1n) is 10.7. The normalized spacial score (nSPS) is 16.1. The van der Waals surface area contributed by atoms with Crippen molar-refractivity contribution in [3.05, 3.63) is 59.9 Å². The summed E-state index contributed by atoms with van der Waals surface area (Å²) >= 11 is 0. The molecule has 0 radical (unpaired) electrons. The molecule has 2 heterocycles. The lowest BCUT2D eigenvalue weighted by Crippen LogP contribution is -2.30. The second kappa shape index (κ2) is 8.43. The number of para-hydroxylation sites is 2. The number of nitrogens with one attached hydrogen (secondary N) is 1. The van der Waals surface area contributed by atoms with Gasteiger partial charge in [0.2, 0.25) is 10.0 Å². The molecule has 1 saturated heterocycles. The molecule has 1 fully saturated rings. The van der Waals surface area contributed by atoms with Crippen LogP contribution < -0.4 is 5.32 Å². The molecule has 1 unspecified atom stereocenters. The van der Waals surface area contributed by atoms with Crippen molar-refractivity contribution in [2.24, 2.45) is 0 Å². The summed E-state index contributed by atoms with van der Waals surface area (Å²) in [5.41, 5.74) is 2.22. The predicted molar refractivity (Wildman–Crippen MR) is 120 cm³/mol. The molecule has 1 N–H and O–H groups in total. The van der Waals surface area contributed by atoms with Crippen LogP contribution >= 0.6 is 0 Å². The van der Waals surface area contributed by atoms with E-state index in [-0.39, 0.29) is 22.9 Å². The number of nitrogens with zero attached hydrogens (tertiary/aromatic N) is 3. The quantitative estimate of drug-likeness (QED) is 0.630. The molecule has 4 rings (SSSR count). The SMILES string of the molecule is CC(NC(=O)c1cccc(S(=O)(=O)N2CCCC2)c1)c1nc2ccccc2n1C(C)C. The summed E-state index contributed by atoms with van der Waals surface area (Å²) in [6.45, 7) is 7.11. The Labute approximate surface area is 183 Å². The van der Waals surface area contributed by atoms with Gasteiger partial charge in [0.1, 0.15) is 5.82 Å². The second-order valence-corrected chi connectivity index (χ2v) is 10.2. The van der Waals surface area contributed by atoms with E-state index in [1.165, 1.54) is 10.4 Å². The van der Waals surface area contributed by atoms with Gasteiger partial charge in [0.05, 0.1) is 22.0 Å². The highest BCUT2D eigenvalue weighted by Crippen LogP contribution is 2.26. The first kappa shape index (κ1) is 21.5. The molecule has 8 heteroatoms. The molecule has 7 nitrogen and oxygen atoms in total. The number of sulfonamides is 1. The van der Waals surface area contributed by atoms with E-state index in [1.54, 1.807) is 18.2 Å². The van der Waals surface area contributed by atoms with Crippen molar-refractivity contribution in [1.29, 1.82) is 0 Å². The van der Waals surface area contributed by atoms with Crippen LogP contribution in [0.15, 0.2) is 53.4 Å². The Balaban J connectivity index is 1.59. The summed E-state index contributed by atoms with van der Waals surface area (Å²) in [7, 11) is -3.57. The molecule has 164 valence electrons. The van der Waals surface area contributed by atoms with Crippen molar-refractivity contribution in [1.82, 2.24) is 19.2 Å². The Morgan fingerprint density at radius 3 is 2.45 bits per heavy atom. The van der Waals surface area contributed by atoms with Gasteiger partial charge >= 0.3 is 0 Å². The van der Waals surface area contributed by atoms with E-state index in [4.69, 9.17) is 4.98 Å². The minimum absolute atomic E-state index is 0.157. The van der Waals surface area contributed by atoms with E-state index in [0.29, 0.717) is 18.7 Å². The Bertz CT molecular complexity index is 1210. The van der Waals surface area contributed by atoms with E-state index >= 15 is 0 Å². The molecule has 31 heavy (non-hydrogen) atoms. The topological polar surface area (TPSA) is 84.3 Å². The molecule has 0 aliphatic carbocycles. The van der Waals surface area contributed by atoms with Gasteiger partial charge in [-0.3, -0.25) is 4.79 Å². The number of imidazole rings is 1. The molecule has 1 atom stereocenters. The summed E-state index contributed by atoms with van der Waals surface area (Å²) in [6.07, 6.45) is 1.74. The van der Waals surface area contributed by atoms with Gasteiger partial charge in [-0.05, 0) is 63.9 Å². The standard InChI is InChI=1S/C23H28N4O3S/c1-16(2)27-21-12-5-4-11-20(21)25-22(27)17(3)24-23(28)18-9-8-10-19(15-18)31(29,30)26-13-6-7-14-26/h4-5,8-12,15-17H,6-7,13-14H2,1-3H3,(H,24,28). The first-order valence-corrected chi connectivity index (χ1v) is 12.1. The third-order valence-corrected chi connectivity index (χ3v) is 7.57. The van der Waals surface area contributed by atoms with E-state index in [2.05, 4.69) is 23.7 Å². The van der Waals surface area contributed by atoms with Crippen molar-refractivity contribution in [2.45, 2.75) is 50.6 Å². The number of benzene rings is 2. The number of amides is 1. The third-order valence-electron chi connectivity index (χ3n) is 5.67. The molecule has 1 amide bonds. The van der Waals surface area contributed by atoms with Crippen LogP contribution in [0.4, 0.5) is 0 Å². The Morgan fingerprint density at radius 2 is 1.74 bits per heavy atom. The summed E-state index contributed by atoms with van der Waals surface area (Å²) < 4.78 is 29.3. The second-order valence-electron chi connectivity index (χ2n) is 8.26. The maximum Gasteiger partial charge on any atom is 0.251 e. The van der Waals surface area contributed by atoms with Crippen LogP contribution in [0.25, 0.3) is 11.0 Å². The fraction of sp³-hybridized carbons (Fsp3) is 0.391. The Hall–Kier alpha value is -2.71. The minimum atomic E-state index is -3.57. The van der Waals surface area contributed by atoms with Gasteiger partial charge in [0.15, 0.2) is 0 Å². The van der Waals surface area contributed by atoms with E-state index in [1.807, 2.05) is 31.2 Å². The van der Waals surface area contributed by atoms with E-state index in [9.17, 15) is 13.2 Å². The first-order chi connectivity index (χ1) is 14.8. The molecule has 1 aliphatic rings. The van der Waals surface area contributed by atoms with Gasteiger partial charge in [-0.15, -0.1) is 0 Å². The lowest BCUT2D eigenvalue weighted by atomic mass is 10.2. The van der Waals surface area contributed by atoms with Gasteiger partial charge in [0, 0.05) is 24.7 Å². The lowest BCUT2D eigenvalue weighted by Gasteiger charge is -2.19. The van der Waals surface area contributed by atoms with Crippen LogP contribution in [0.3, 0.4) is 0 Å². The number of fused-ring (bicyclic) bond motifs is 1. The van der Waals surface area contributed by atoms with E-state index in [0.717, 1.165) is 29.7 Å². The van der Waals surface area contributed by atoms with Crippen LogP contribution in [0.2, 0.25) is 0 Å². The largest absolute Gasteiger partial charge is 0.342 e. The number of carbonyl (C=O) groups excluding carboxylic acids is 1. The molecule has 0 bridgehead atoms. The number of hydrogen-bond acceptors (Lipinski definition) is 4. The summed E-state index contributed by atoms with van der Waals surface area (Å²) in [5, 5.41) is 2.99. The fourth-order valence-corrected chi connectivity index (χ4v) is 5.69. The summed E-state index contributed by atoms with van der Waals surface area (Å²) in [6, 6.07) is 14.0. The number of rotatable bonds is 6. The average Bonchev–Trinajstić information content (AvgIpc) is 3.42. The molecular formula is C23H28N4O3S. The minimum Gasteiger partial charge on any atom is -0.342 e. The Kier molecular flexibility index (Phi) is 5.85. The van der Waals surface area contributed by atoms with Crippen molar-refractivity contribution in [3.8, 4) is 0 Å². The monoisotopic (exact) mass is 440 g/mol. The van der Waals surface area contributed by atoms with Crippen LogP contribution in [-0.2, 0) is 10.0 Å². The van der Waals surface area contributed by atoms with Crippen molar-refractivity contribution in [3.63, 3.8) is 0 Å². The predicted octanol–water partition coefficient (Wildman–Crippen LogP) is 3.89. The van der Waals surface area contributed by atoms with E-state index < -0.39 is 10.0 Å². The van der Waals surface area contributed by atoms with Gasteiger partial charge in [-0.1, -0.05) is 18.2 Å². The highest BCUT2D eigenvalue weighted by molar-refractivity contribution is 7.89. The molecule has 1 aromatic heterocycles. The van der Waals surface area contributed by atoms with Crippen molar-refractivity contribution < 1.29 is 13.2 Å². The van der Waals surface area contributed by atoms with Crippen molar-refractivity contribution in [2.75, 3.05) is 13.1 Å². The maximum atomic E-state index is 13.0. The number of hydrogen-bond donors (Lipinski definition) is 1. The molecular weight excluding hydrogens is 412 g/mol.